The summed E-state index contributed by atoms with van der Waals surface area (Å²) in [7, 11) is 5.26. The number of carbonyl (C=O) groups is 1. The van der Waals surface area contributed by atoms with Crippen molar-refractivity contribution < 1.29 is 14.3 Å². The molecule has 0 aromatic heterocycles. The summed E-state index contributed by atoms with van der Waals surface area (Å²) >= 11 is 0. The third kappa shape index (κ3) is 3.92. The van der Waals surface area contributed by atoms with Crippen LogP contribution in [0.15, 0.2) is 48.5 Å². The largest absolute Gasteiger partial charge is 0.396 e. The first-order chi connectivity index (χ1) is 11.5. The van der Waals surface area contributed by atoms with Gasteiger partial charge in [0.2, 0.25) is 0 Å². The number of hydrogen-bond acceptors (Lipinski definition) is 3. The summed E-state index contributed by atoms with van der Waals surface area (Å²) in [5, 5.41) is 9.33. The minimum atomic E-state index is -0.547. The number of amides is 1. The minimum Gasteiger partial charge on any atom is -0.396 e. The first kappa shape index (κ1) is 17.9. The van der Waals surface area contributed by atoms with Gasteiger partial charge in [0.25, 0.3) is 5.91 Å². The van der Waals surface area contributed by atoms with Gasteiger partial charge in [0, 0.05) is 33.4 Å². The van der Waals surface area contributed by atoms with Crippen molar-refractivity contribution in [3.05, 3.63) is 65.5 Å². The van der Waals surface area contributed by atoms with E-state index >= 15 is 0 Å². The zero-order valence-corrected chi connectivity index (χ0v) is 14.2. The molecule has 128 valence electrons. The molecule has 1 N–H and O–H groups in total. The quantitative estimate of drug-likeness (QED) is 0.885. The van der Waals surface area contributed by atoms with Gasteiger partial charge >= 0.3 is 0 Å². The number of rotatable bonds is 6. The first-order valence-electron chi connectivity index (χ1n) is 7.85. The van der Waals surface area contributed by atoms with E-state index < -0.39 is 11.7 Å². The zero-order chi connectivity index (χ0) is 17.7. The third-order valence-corrected chi connectivity index (χ3v) is 4.07. The van der Waals surface area contributed by atoms with Crippen LogP contribution in [0.1, 0.15) is 28.4 Å². The summed E-state index contributed by atoms with van der Waals surface area (Å²) < 4.78 is 14.3. The molecule has 0 heterocycles. The van der Waals surface area contributed by atoms with E-state index in [1.54, 1.807) is 18.0 Å². The van der Waals surface area contributed by atoms with Crippen LogP contribution in [0.5, 0.6) is 0 Å². The molecule has 2 aromatic carbocycles. The smallest absolute Gasteiger partial charge is 0.257 e. The van der Waals surface area contributed by atoms with E-state index in [1.807, 2.05) is 44.4 Å². The number of hydrogen-bond donors (Lipinski definition) is 1. The summed E-state index contributed by atoms with van der Waals surface area (Å²) in [4.78, 5) is 16.0. The second-order valence-corrected chi connectivity index (χ2v) is 5.91. The fourth-order valence-electron chi connectivity index (χ4n) is 2.67. The molecular formula is C19H23FN2O2. The molecule has 0 spiro atoms. The lowest BCUT2D eigenvalue weighted by Gasteiger charge is -2.28. The molecule has 0 saturated heterocycles. The Labute approximate surface area is 142 Å². The molecule has 0 saturated carbocycles. The van der Waals surface area contributed by atoms with Gasteiger partial charge in [-0.2, -0.15) is 0 Å². The van der Waals surface area contributed by atoms with Crippen molar-refractivity contribution in [2.75, 3.05) is 32.6 Å². The van der Waals surface area contributed by atoms with Crippen molar-refractivity contribution in [3.8, 4) is 0 Å². The molecule has 2 aromatic rings. The SMILES string of the molecule is CN(C)c1ccc(C(=O)N(C)C(CCO)c2ccccc2)c(F)c1. The fraction of sp³-hybridized carbons (Fsp3) is 0.316. The second-order valence-electron chi connectivity index (χ2n) is 5.91. The van der Waals surface area contributed by atoms with Crippen LogP contribution in [-0.4, -0.2) is 43.7 Å². The Morgan fingerprint density at radius 1 is 1.12 bits per heavy atom. The molecule has 1 unspecified atom stereocenters. The number of carbonyl (C=O) groups excluding carboxylic acids is 1. The predicted octanol–water partition coefficient (Wildman–Crippen LogP) is 3.09. The lowest BCUT2D eigenvalue weighted by Crippen LogP contribution is -2.32. The molecule has 0 aliphatic carbocycles. The highest BCUT2D eigenvalue weighted by atomic mass is 19.1. The highest BCUT2D eigenvalue weighted by Crippen LogP contribution is 2.26. The van der Waals surface area contributed by atoms with Crippen LogP contribution < -0.4 is 4.90 Å². The summed E-state index contributed by atoms with van der Waals surface area (Å²) in [5.74, 6) is -0.950. The van der Waals surface area contributed by atoms with E-state index in [-0.39, 0.29) is 18.2 Å². The van der Waals surface area contributed by atoms with Crippen molar-refractivity contribution >= 4 is 11.6 Å². The minimum absolute atomic E-state index is 0.0296. The van der Waals surface area contributed by atoms with Crippen molar-refractivity contribution in [2.45, 2.75) is 12.5 Å². The predicted molar refractivity (Wildman–Crippen MR) is 93.7 cm³/mol. The van der Waals surface area contributed by atoms with Gasteiger partial charge in [-0.3, -0.25) is 4.79 Å². The maximum Gasteiger partial charge on any atom is 0.257 e. The number of benzene rings is 2. The van der Waals surface area contributed by atoms with Crippen molar-refractivity contribution in [3.63, 3.8) is 0 Å². The van der Waals surface area contributed by atoms with Gasteiger partial charge in [-0.1, -0.05) is 30.3 Å². The van der Waals surface area contributed by atoms with E-state index in [1.165, 1.54) is 17.0 Å². The van der Waals surface area contributed by atoms with Crippen molar-refractivity contribution in [1.29, 1.82) is 0 Å². The maximum atomic E-state index is 14.3. The third-order valence-electron chi connectivity index (χ3n) is 4.07. The number of nitrogens with zero attached hydrogens (tertiary/aromatic N) is 2. The molecule has 1 amide bonds. The number of anilines is 1. The Balaban J connectivity index is 2.30. The number of halogens is 1. The van der Waals surface area contributed by atoms with Gasteiger partial charge in [0.05, 0.1) is 11.6 Å². The number of aliphatic hydroxyl groups is 1. The van der Waals surface area contributed by atoms with Crippen LogP contribution in [0.25, 0.3) is 0 Å². The molecule has 0 aliphatic rings. The summed E-state index contributed by atoms with van der Waals surface area (Å²) in [6.07, 6.45) is 0.393. The van der Waals surface area contributed by atoms with Crippen LogP contribution in [0.2, 0.25) is 0 Å². The zero-order valence-electron chi connectivity index (χ0n) is 14.2. The van der Waals surface area contributed by atoms with Gasteiger partial charge in [0.1, 0.15) is 5.82 Å². The van der Waals surface area contributed by atoms with Gasteiger partial charge in [-0.05, 0) is 30.2 Å². The highest BCUT2D eigenvalue weighted by Gasteiger charge is 2.24. The maximum absolute atomic E-state index is 14.3. The number of aliphatic hydroxyl groups excluding tert-OH is 1. The molecule has 5 heteroatoms. The normalized spacial score (nSPS) is 11.9. The highest BCUT2D eigenvalue weighted by molar-refractivity contribution is 5.95. The van der Waals surface area contributed by atoms with Crippen LogP contribution in [0, 0.1) is 5.82 Å². The van der Waals surface area contributed by atoms with Gasteiger partial charge in [-0.25, -0.2) is 4.39 Å². The fourth-order valence-corrected chi connectivity index (χ4v) is 2.67. The standard InChI is InChI=1S/C19H23FN2O2/c1-21(2)15-9-10-16(17(20)13-15)19(24)22(3)18(11-12-23)14-7-5-4-6-8-14/h4-10,13,18,23H,11-12H2,1-3H3. The Morgan fingerprint density at radius 3 is 2.33 bits per heavy atom. The van der Waals surface area contributed by atoms with E-state index in [2.05, 4.69) is 0 Å². The summed E-state index contributed by atoms with van der Waals surface area (Å²) in [6, 6.07) is 13.7. The van der Waals surface area contributed by atoms with Crippen LogP contribution in [0.3, 0.4) is 0 Å². The van der Waals surface area contributed by atoms with E-state index in [0.29, 0.717) is 12.1 Å². The lowest BCUT2D eigenvalue weighted by molar-refractivity contribution is 0.0700. The average Bonchev–Trinajstić information content (AvgIpc) is 2.59. The van der Waals surface area contributed by atoms with Gasteiger partial charge in [-0.15, -0.1) is 0 Å². The van der Waals surface area contributed by atoms with Crippen LogP contribution in [-0.2, 0) is 0 Å². The van der Waals surface area contributed by atoms with Gasteiger partial charge in [0.15, 0.2) is 0 Å². The molecule has 0 aliphatic heterocycles. The van der Waals surface area contributed by atoms with Crippen LogP contribution >= 0.6 is 0 Å². The summed E-state index contributed by atoms with van der Waals surface area (Å²) in [5.41, 5.74) is 1.64. The molecule has 2 rings (SSSR count). The average molecular weight is 330 g/mol. The van der Waals surface area contributed by atoms with Crippen molar-refractivity contribution in [2.24, 2.45) is 0 Å². The van der Waals surface area contributed by atoms with Crippen molar-refractivity contribution in [1.82, 2.24) is 4.90 Å². The van der Waals surface area contributed by atoms with Crippen LogP contribution in [0.4, 0.5) is 10.1 Å². The molecule has 24 heavy (non-hydrogen) atoms. The Morgan fingerprint density at radius 2 is 1.79 bits per heavy atom. The monoisotopic (exact) mass is 330 g/mol. The molecule has 0 radical (unpaired) electrons. The second kappa shape index (κ2) is 7.93. The van der Waals surface area contributed by atoms with E-state index in [0.717, 1.165) is 5.56 Å². The summed E-state index contributed by atoms with van der Waals surface area (Å²) in [6.45, 7) is -0.0563. The Hall–Kier alpha value is -2.40. The molecule has 0 bridgehead atoms. The Kier molecular flexibility index (Phi) is 5.93. The lowest BCUT2D eigenvalue weighted by atomic mass is 10.0. The van der Waals surface area contributed by atoms with E-state index in [9.17, 15) is 14.3 Å². The van der Waals surface area contributed by atoms with E-state index in [4.69, 9.17) is 0 Å². The molecular weight excluding hydrogens is 307 g/mol. The molecule has 1 atom stereocenters. The first-order valence-corrected chi connectivity index (χ1v) is 7.85. The molecule has 0 fully saturated rings. The molecule has 4 nitrogen and oxygen atoms in total. The topological polar surface area (TPSA) is 43.8 Å². The van der Waals surface area contributed by atoms with Gasteiger partial charge < -0.3 is 14.9 Å². The Bertz CT molecular complexity index is 689.